The molecule has 3 N–H and O–H groups in total. The minimum absolute atomic E-state index is 0.0463. The van der Waals surface area contributed by atoms with Gasteiger partial charge >= 0.3 is 5.97 Å². The molecule has 0 saturated heterocycles. The van der Waals surface area contributed by atoms with Crippen molar-refractivity contribution in [1.29, 1.82) is 0 Å². The molecule has 0 spiro atoms. The Hall–Kier alpha value is -3.53. The summed E-state index contributed by atoms with van der Waals surface area (Å²) in [4.78, 5) is 46.3. The predicted octanol–water partition coefficient (Wildman–Crippen LogP) is 1.81. The smallest absolute Gasteiger partial charge is 0.326 e. The van der Waals surface area contributed by atoms with Crippen LogP contribution in [0.5, 0.6) is 0 Å². The lowest BCUT2D eigenvalue weighted by Crippen LogP contribution is -2.53. The number of alkyl halides is 1. The first-order chi connectivity index (χ1) is 14.7. The lowest BCUT2D eigenvalue weighted by atomic mass is 10.0. The van der Waals surface area contributed by atoms with Gasteiger partial charge in [-0.3, -0.25) is 19.7 Å². The zero-order valence-electron chi connectivity index (χ0n) is 16.1. The van der Waals surface area contributed by atoms with E-state index in [2.05, 4.69) is 10.6 Å². The van der Waals surface area contributed by atoms with Crippen LogP contribution in [0.15, 0.2) is 48.5 Å². The van der Waals surface area contributed by atoms with Crippen molar-refractivity contribution in [2.45, 2.75) is 24.9 Å². The SMILES string of the molecule is O=C(CCl)NC(Cc1ccc([N+](=O)[O-])cc1)C(=O)NC(Cc1ccc(F)cc1)C(=O)O. The van der Waals surface area contributed by atoms with Crippen molar-refractivity contribution < 1.29 is 28.8 Å². The van der Waals surface area contributed by atoms with Crippen LogP contribution in [0.25, 0.3) is 0 Å². The van der Waals surface area contributed by atoms with E-state index in [9.17, 15) is 34.0 Å². The van der Waals surface area contributed by atoms with Crippen molar-refractivity contribution in [3.63, 3.8) is 0 Å². The van der Waals surface area contributed by atoms with Gasteiger partial charge in [-0.2, -0.15) is 0 Å². The summed E-state index contributed by atoms with van der Waals surface area (Å²) in [6, 6.07) is 8.03. The topological polar surface area (TPSA) is 139 Å². The van der Waals surface area contributed by atoms with Crippen molar-refractivity contribution >= 4 is 35.1 Å². The molecular weight excluding hydrogens is 433 g/mol. The molecule has 0 aromatic heterocycles. The van der Waals surface area contributed by atoms with Gasteiger partial charge in [0.05, 0.1) is 4.92 Å². The van der Waals surface area contributed by atoms with Gasteiger partial charge in [0.2, 0.25) is 11.8 Å². The molecule has 2 amide bonds. The highest BCUT2D eigenvalue weighted by atomic mass is 35.5. The van der Waals surface area contributed by atoms with Crippen molar-refractivity contribution in [2.75, 3.05) is 5.88 Å². The van der Waals surface area contributed by atoms with Crippen molar-refractivity contribution in [1.82, 2.24) is 10.6 Å². The van der Waals surface area contributed by atoms with Gasteiger partial charge in [-0.1, -0.05) is 24.3 Å². The Bertz CT molecular complexity index is 952. The highest BCUT2D eigenvalue weighted by molar-refractivity contribution is 6.27. The van der Waals surface area contributed by atoms with Crippen LogP contribution >= 0.6 is 11.6 Å². The van der Waals surface area contributed by atoms with E-state index in [0.29, 0.717) is 11.1 Å². The third kappa shape index (κ3) is 7.34. The lowest BCUT2D eigenvalue weighted by Gasteiger charge is -2.21. The molecule has 0 aliphatic heterocycles. The molecule has 9 nitrogen and oxygen atoms in total. The molecule has 0 saturated carbocycles. The number of aliphatic carboxylic acids is 1. The molecule has 2 aromatic carbocycles. The van der Waals surface area contributed by atoms with Gasteiger partial charge in [-0.15, -0.1) is 11.6 Å². The minimum atomic E-state index is -1.33. The molecule has 31 heavy (non-hydrogen) atoms. The predicted molar refractivity (Wildman–Crippen MR) is 109 cm³/mol. The first-order valence-corrected chi connectivity index (χ1v) is 9.59. The van der Waals surface area contributed by atoms with Crippen LogP contribution in [0.1, 0.15) is 11.1 Å². The molecule has 2 atom stereocenters. The van der Waals surface area contributed by atoms with Crippen molar-refractivity contribution in [3.8, 4) is 0 Å². The Morgan fingerprint density at radius 2 is 1.48 bits per heavy atom. The highest BCUT2D eigenvalue weighted by Crippen LogP contribution is 2.14. The second-order valence-corrected chi connectivity index (χ2v) is 6.88. The van der Waals surface area contributed by atoms with Crippen LogP contribution in [0.4, 0.5) is 10.1 Å². The fraction of sp³-hybridized carbons (Fsp3) is 0.250. The monoisotopic (exact) mass is 451 g/mol. The maximum atomic E-state index is 13.1. The molecule has 0 aliphatic carbocycles. The number of amides is 2. The number of benzene rings is 2. The number of carboxylic acids is 1. The van der Waals surface area contributed by atoms with Gasteiger partial charge in [0.1, 0.15) is 23.8 Å². The summed E-state index contributed by atoms with van der Waals surface area (Å²) in [5.74, 6) is -3.62. The van der Waals surface area contributed by atoms with Crippen molar-refractivity contribution in [3.05, 3.63) is 75.6 Å². The minimum Gasteiger partial charge on any atom is -0.480 e. The van der Waals surface area contributed by atoms with Crippen LogP contribution in [-0.2, 0) is 27.2 Å². The number of carbonyl (C=O) groups is 3. The number of non-ortho nitro benzene ring substituents is 1. The van der Waals surface area contributed by atoms with Crippen LogP contribution < -0.4 is 10.6 Å². The van der Waals surface area contributed by atoms with Gasteiger partial charge in [0.25, 0.3) is 5.69 Å². The molecule has 2 rings (SSSR count). The van der Waals surface area contributed by atoms with Crippen LogP contribution in [0.3, 0.4) is 0 Å². The Kier molecular flexibility index (Phi) is 8.44. The van der Waals surface area contributed by atoms with Gasteiger partial charge in [0, 0.05) is 25.0 Å². The molecule has 0 radical (unpaired) electrons. The number of nitrogens with zero attached hydrogens (tertiary/aromatic N) is 1. The first-order valence-electron chi connectivity index (χ1n) is 9.06. The van der Waals surface area contributed by atoms with E-state index < -0.39 is 46.5 Å². The summed E-state index contributed by atoms with van der Waals surface area (Å²) >= 11 is 5.49. The van der Waals surface area contributed by atoms with E-state index in [1.807, 2.05) is 0 Å². The average Bonchev–Trinajstić information content (AvgIpc) is 2.74. The third-order valence-electron chi connectivity index (χ3n) is 4.33. The zero-order valence-corrected chi connectivity index (χ0v) is 16.8. The molecule has 11 heteroatoms. The number of hydrogen-bond acceptors (Lipinski definition) is 5. The lowest BCUT2D eigenvalue weighted by molar-refractivity contribution is -0.384. The van der Waals surface area contributed by atoms with Crippen LogP contribution in [0.2, 0.25) is 0 Å². The maximum Gasteiger partial charge on any atom is 0.326 e. The Morgan fingerprint density at radius 3 is 1.97 bits per heavy atom. The fourth-order valence-corrected chi connectivity index (χ4v) is 2.84. The molecule has 164 valence electrons. The van der Waals surface area contributed by atoms with E-state index in [1.54, 1.807) is 0 Å². The third-order valence-corrected chi connectivity index (χ3v) is 4.57. The van der Waals surface area contributed by atoms with Crippen molar-refractivity contribution in [2.24, 2.45) is 0 Å². The van der Waals surface area contributed by atoms with E-state index in [-0.39, 0.29) is 18.5 Å². The first kappa shape index (κ1) is 23.7. The summed E-state index contributed by atoms with van der Waals surface area (Å²) in [5, 5.41) is 25.0. The quantitative estimate of drug-likeness (QED) is 0.286. The number of rotatable bonds is 10. The number of nitrogens with one attached hydrogen (secondary N) is 2. The molecule has 0 fully saturated rings. The molecule has 0 aliphatic rings. The Morgan fingerprint density at radius 1 is 0.968 bits per heavy atom. The van der Waals surface area contributed by atoms with E-state index in [0.717, 1.165) is 0 Å². The Balaban J connectivity index is 2.15. The molecule has 2 aromatic rings. The van der Waals surface area contributed by atoms with Gasteiger partial charge in [-0.25, -0.2) is 9.18 Å². The number of hydrogen-bond donors (Lipinski definition) is 3. The largest absolute Gasteiger partial charge is 0.480 e. The second-order valence-electron chi connectivity index (χ2n) is 6.61. The van der Waals surface area contributed by atoms with E-state index >= 15 is 0 Å². The summed E-state index contributed by atoms with van der Waals surface area (Å²) in [7, 11) is 0. The van der Waals surface area contributed by atoms with E-state index in [1.165, 1.54) is 48.5 Å². The molecule has 0 bridgehead atoms. The number of carboxylic acid groups (broad SMARTS) is 1. The van der Waals surface area contributed by atoms with Crippen LogP contribution in [0, 0.1) is 15.9 Å². The summed E-state index contributed by atoms with van der Waals surface area (Å²) in [6.07, 6.45) is -0.148. The number of carbonyl (C=O) groups excluding carboxylic acids is 2. The van der Waals surface area contributed by atoms with Crippen LogP contribution in [-0.4, -0.2) is 45.8 Å². The Labute approximate surface area is 181 Å². The standard InChI is InChI=1S/C20H19ClFN3O6/c21-11-18(26)23-16(9-13-3-7-15(8-4-13)25(30)31)19(27)24-17(20(28)29)10-12-1-5-14(22)6-2-12/h1-8,16-17H,9-11H2,(H,23,26)(H,24,27)(H,28,29). The molecular formula is C20H19ClFN3O6. The summed E-state index contributed by atoms with van der Waals surface area (Å²) < 4.78 is 13.1. The number of nitro groups is 1. The zero-order chi connectivity index (χ0) is 23.0. The number of nitro benzene ring substituents is 1. The van der Waals surface area contributed by atoms with Gasteiger partial charge in [0.15, 0.2) is 0 Å². The summed E-state index contributed by atoms with van der Waals surface area (Å²) in [5.41, 5.74) is 0.858. The maximum absolute atomic E-state index is 13.1. The summed E-state index contributed by atoms with van der Waals surface area (Å²) in [6.45, 7) is 0. The second kappa shape index (κ2) is 11.0. The fourth-order valence-electron chi connectivity index (χ4n) is 2.76. The van der Waals surface area contributed by atoms with Gasteiger partial charge in [-0.05, 0) is 23.3 Å². The van der Waals surface area contributed by atoms with Gasteiger partial charge < -0.3 is 15.7 Å². The highest BCUT2D eigenvalue weighted by Gasteiger charge is 2.27. The normalized spacial score (nSPS) is 12.5. The molecule has 2 unspecified atom stereocenters. The molecule has 0 heterocycles. The average molecular weight is 452 g/mol. The van der Waals surface area contributed by atoms with E-state index in [4.69, 9.17) is 11.6 Å². The number of halogens is 2.